The average Bonchev–Trinajstić information content (AvgIpc) is 3.78. The number of benzene rings is 2. The van der Waals surface area contributed by atoms with Crippen molar-refractivity contribution in [2.75, 3.05) is 25.0 Å². The Bertz CT molecular complexity index is 1510. The second-order valence-corrected chi connectivity index (χ2v) is 13.1. The molecule has 1 saturated heterocycles. The van der Waals surface area contributed by atoms with Crippen LogP contribution in [0.4, 0.5) is 23.2 Å². The van der Waals surface area contributed by atoms with Crippen molar-refractivity contribution < 1.29 is 30.8 Å². The van der Waals surface area contributed by atoms with E-state index >= 15 is 4.39 Å². The summed E-state index contributed by atoms with van der Waals surface area (Å²) in [7, 11) is -3.54. The molecule has 1 aliphatic heterocycles. The predicted octanol–water partition coefficient (Wildman–Crippen LogP) is 4.20. The first-order valence-electron chi connectivity index (χ1n) is 13.4. The van der Waals surface area contributed by atoms with Gasteiger partial charge in [0.15, 0.2) is 9.84 Å². The molecule has 218 valence electrons. The molecule has 1 amide bonds. The van der Waals surface area contributed by atoms with Gasteiger partial charge in [-0.05, 0) is 61.1 Å². The van der Waals surface area contributed by atoms with Crippen LogP contribution in [0.25, 0.3) is 0 Å². The van der Waals surface area contributed by atoms with Crippen molar-refractivity contribution in [2.24, 2.45) is 0 Å². The second kappa shape index (κ2) is 11.9. The molecule has 0 spiro atoms. The fraction of sp³-hybridized carbons (Fsp3) is 0.379. The third-order valence-corrected chi connectivity index (χ3v) is 10.6. The number of piperazine rings is 1. The van der Waals surface area contributed by atoms with E-state index in [2.05, 4.69) is 20.9 Å². The Hall–Kier alpha value is -3.35. The molecule has 5 rings (SSSR count). The summed E-state index contributed by atoms with van der Waals surface area (Å²) in [6, 6.07) is 8.14. The number of amides is 1. The number of pyridine rings is 1. The van der Waals surface area contributed by atoms with Gasteiger partial charge in [0.05, 0.1) is 23.3 Å². The maximum absolute atomic E-state index is 15.0. The first-order chi connectivity index (χ1) is 19.6. The van der Waals surface area contributed by atoms with Crippen LogP contribution < -0.4 is 16.0 Å². The molecule has 2 aliphatic rings. The number of nitrogens with zero attached hydrogens (tertiary/aromatic N) is 1. The highest BCUT2D eigenvalue weighted by molar-refractivity contribution is 7.93. The number of carbonyl (C=O) groups is 1. The van der Waals surface area contributed by atoms with E-state index in [9.17, 15) is 26.4 Å². The maximum Gasteiger partial charge on any atom is 0.225 e. The van der Waals surface area contributed by atoms with E-state index in [1.165, 1.54) is 30.5 Å². The molecule has 41 heavy (non-hydrogen) atoms. The van der Waals surface area contributed by atoms with Gasteiger partial charge in [0.1, 0.15) is 28.1 Å². The summed E-state index contributed by atoms with van der Waals surface area (Å²) in [6.07, 6.45) is 3.25. The fourth-order valence-corrected chi connectivity index (χ4v) is 7.77. The Morgan fingerprint density at radius 1 is 0.976 bits per heavy atom. The fourth-order valence-electron chi connectivity index (χ4n) is 5.39. The number of carbonyl (C=O) groups excluding carboxylic acids is 1. The zero-order valence-electron chi connectivity index (χ0n) is 22.1. The van der Waals surface area contributed by atoms with Crippen LogP contribution in [0.2, 0.25) is 0 Å². The molecule has 2 fully saturated rings. The van der Waals surface area contributed by atoms with E-state index in [0.717, 1.165) is 18.3 Å². The molecule has 1 aromatic heterocycles. The number of sulfone groups is 1. The van der Waals surface area contributed by atoms with Gasteiger partial charge in [-0.15, -0.1) is 0 Å². The maximum atomic E-state index is 15.0. The topological polar surface area (TPSA) is 100 Å². The second-order valence-electron chi connectivity index (χ2n) is 10.5. The number of rotatable bonds is 10. The zero-order valence-corrected chi connectivity index (χ0v) is 22.9. The lowest BCUT2D eigenvalue weighted by atomic mass is 9.88. The summed E-state index contributed by atoms with van der Waals surface area (Å²) in [5.41, 5.74) is 0.791. The average molecular weight is 591 g/mol. The van der Waals surface area contributed by atoms with Gasteiger partial charge in [-0.25, -0.2) is 26.0 Å². The molecule has 0 radical (unpaired) electrons. The molecule has 1 saturated carbocycles. The van der Waals surface area contributed by atoms with Gasteiger partial charge in [-0.3, -0.25) is 15.1 Å². The first-order valence-corrected chi connectivity index (χ1v) is 15.0. The van der Waals surface area contributed by atoms with Crippen molar-refractivity contribution in [3.63, 3.8) is 0 Å². The highest BCUT2D eigenvalue weighted by atomic mass is 32.2. The number of halogens is 4. The van der Waals surface area contributed by atoms with E-state index in [1.807, 2.05) is 0 Å². The number of anilines is 1. The molecule has 7 nitrogen and oxygen atoms in total. The molecule has 2 heterocycles. The van der Waals surface area contributed by atoms with E-state index in [-0.39, 0.29) is 42.6 Å². The summed E-state index contributed by atoms with van der Waals surface area (Å²) in [4.78, 5) is 15.8. The molecule has 3 N–H and O–H groups in total. The van der Waals surface area contributed by atoms with E-state index in [1.54, 1.807) is 0 Å². The van der Waals surface area contributed by atoms with Gasteiger partial charge in [0.2, 0.25) is 5.91 Å². The highest BCUT2D eigenvalue weighted by Crippen LogP contribution is 2.38. The molecule has 1 aliphatic carbocycles. The standard InChI is InChI=1S/C29H30F4N4O3S/c30-20-3-1-18(2-4-20)25(19-11-21(31)13-22(32)12-19)14-28(38)37-27-16-35-15-26(33)24(27)7-8-29(17-34-9-10-36-29)41(39,40)23-5-6-23/h1-4,11-13,15-16,23,25,34,36H,5-10,14,17H2,(H,37,38)/t25-,29-/m0/s1. The van der Waals surface area contributed by atoms with Gasteiger partial charge in [-0.1, -0.05) is 12.1 Å². The monoisotopic (exact) mass is 590 g/mol. The zero-order chi connectivity index (χ0) is 29.2. The Morgan fingerprint density at radius 3 is 2.32 bits per heavy atom. The predicted molar refractivity (Wildman–Crippen MR) is 146 cm³/mol. The molecule has 3 aromatic rings. The van der Waals surface area contributed by atoms with Crippen LogP contribution in [0.15, 0.2) is 54.9 Å². The molecular formula is C29H30F4N4O3S. The lowest BCUT2D eigenvalue weighted by Gasteiger charge is -2.38. The van der Waals surface area contributed by atoms with Crippen molar-refractivity contribution in [2.45, 2.75) is 48.1 Å². The van der Waals surface area contributed by atoms with Crippen molar-refractivity contribution in [3.05, 3.63) is 94.8 Å². The Balaban J connectivity index is 1.38. The summed E-state index contributed by atoms with van der Waals surface area (Å²) in [5.74, 6) is -4.31. The smallest absolute Gasteiger partial charge is 0.225 e. The van der Waals surface area contributed by atoms with Crippen molar-refractivity contribution in [3.8, 4) is 0 Å². The highest BCUT2D eigenvalue weighted by Gasteiger charge is 2.52. The number of hydrogen-bond acceptors (Lipinski definition) is 6. The molecule has 0 bridgehead atoms. The van der Waals surface area contributed by atoms with Crippen LogP contribution in [0.1, 0.15) is 48.3 Å². The van der Waals surface area contributed by atoms with Crippen LogP contribution in [0.5, 0.6) is 0 Å². The van der Waals surface area contributed by atoms with Crippen molar-refractivity contribution in [1.29, 1.82) is 0 Å². The van der Waals surface area contributed by atoms with Crippen LogP contribution in [-0.4, -0.2) is 49.1 Å². The minimum Gasteiger partial charge on any atom is -0.324 e. The third-order valence-electron chi connectivity index (χ3n) is 7.67. The van der Waals surface area contributed by atoms with Crippen molar-refractivity contribution in [1.82, 2.24) is 15.6 Å². The summed E-state index contributed by atoms with van der Waals surface area (Å²) in [6.45, 7) is 1.24. The first kappa shape index (κ1) is 29.2. The number of nitrogens with one attached hydrogen (secondary N) is 3. The molecule has 2 aromatic carbocycles. The SMILES string of the molecule is O=C(C[C@@H](c1ccc(F)cc1)c1cc(F)cc(F)c1)Nc1cncc(F)c1CC[C@]1(S(=O)(=O)C2CC2)CNCCN1. The largest absolute Gasteiger partial charge is 0.324 e. The molecule has 2 atom stereocenters. The summed E-state index contributed by atoms with van der Waals surface area (Å²) in [5, 5.41) is 8.51. The Labute approximate surface area is 235 Å². The van der Waals surface area contributed by atoms with Crippen LogP contribution in [0, 0.1) is 23.3 Å². The number of hydrogen-bond donors (Lipinski definition) is 3. The molecule has 0 unspecified atom stereocenters. The van der Waals surface area contributed by atoms with Crippen LogP contribution in [-0.2, 0) is 21.1 Å². The molecule has 12 heteroatoms. The van der Waals surface area contributed by atoms with Crippen LogP contribution in [0.3, 0.4) is 0 Å². The molecular weight excluding hydrogens is 560 g/mol. The van der Waals surface area contributed by atoms with E-state index in [0.29, 0.717) is 37.6 Å². The van der Waals surface area contributed by atoms with Crippen molar-refractivity contribution >= 4 is 21.4 Å². The minimum atomic E-state index is -3.54. The van der Waals surface area contributed by atoms with Gasteiger partial charge in [0.25, 0.3) is 0 Å². The quantitative estimate of drug-likeness (QED) is 0.306. The van der Waals surface area contributed by atoms with Crippen LogP contribution >= 0.6 is 0 Å². The lowest BCUT2D eigenvalue weighted by Crippen LogP contribution is -2.64. The number of aromatic nitrogens is 1. The van der Waals surface area contributed by atoms with E-state index < -0.39 is 55.1 Å². The van der Waals surface area contributed by atoms with E-state index in [4.69, 9.17) is 0 Å². The lowest BCUT2D eigenvalue weighted by molar-refractivity contribution is -0.116. The van der Waals surface area contributed by atoms with Gasteiger partial charge in [0, 0.05) is 43.6 Å². The Kier molecular flexibility index (Phi) is 8.44. The summed E-state index contributed by atoms with van der Waals surface area (Å²) < 4.78 is 83.4. The minimum absolute atomic E-state index is 0.00109. The Morgan fingerprint density at radius 2 is 1.68 bits per heavy atom. The van der Waals surface area contributed by atoms with Gasteiger partial charge >= 0.3 is 0 Å². The van der Waals surface area contributed by atoms with Gasteiger partial charge in [-0.2, -0.15) is 0 Å². The third kappa shape index (κ3) is 6.44. The normalized spacial score (nSPS) is 20.0. The van der Waals surface area contributed by atoms with Gasteiger partial charge < -0.3 is 10.6 Å². The summed E-state index contributed by atoms with van der Waals surface area (Å²) >= 11 is 0.